The number of ether oxygens (including phenoxy) is 1. The summed E-state index contributed by atoms with van der Waals surface area (Å²) in [6.07, 6.45) is 3.30. The van der Waals surface area contributed by atoms with Crippen molar-refractivity contribution in [2.24, 2.45) is 5.92 Å². The summed E-state index contributed by atoms with van der Waals surface area (Å²) in [6.45, 7) is 7.54. The topological polar surface area (TPSA) is 32.7 Å². The summed E-state index contributed by atoms with van der Waals surface area (Å²) in [5, 5.41) is 9.40. The lowest BCUT2D eigenvalue weighted by atomic mass is 10.0. The molecule has 3 heteroatoms. The molecule has 1 heterocycles. The van der Waals surface area contributed by atoms with E-state index in [1.54, 1.807) is 0 Å². The molecular formula is C17H27NO2. The molecule has 1 N–H and O–H groups in total. The minimum absolute atomic E-state index is 0.222. The van der Waals surface area contributed by atoms with Crippen LogP contribution in [0.2, 0.25) is 0 Å². The van der Waals surface area contributed by atoms with Crippen molar-refractivity contribution in [3.63, 3.8) is 0 Å². The van der Waals surface area contributed by atoms with E-state index in [0.29, 0.717) is 5.92 Å². The summed E-state index contributed by atoms with van der Waals surface area (Å²) in [5.41, 5.74) is 1.23. The normalized spacial score (nSPS) is 17.6. The first-order valence-corrected chi connectivity index (χ1v) is 7.79. The van der Waals surface area contributed by atoms with E-state index in [9.17, 15) is 5.11 Å². The van der Waals surface area contributed by atoms with Gasteiger partial charge in [-0.2, -0.15) is 0 Å². The molecule has 3 nitrogen and oxygen atoms in total. The number of hydrogen-bond donors (Lipinski definition) is 1. The molecule has 1 aliphatic heterocycles. The third-order valence-electron chi connectivity index (χ3n) is 3.83. The van der Waals surface area contributed by atoms with Crippen molar-refractivity contribution in [2.75, 3.05) is 26.3 Å². The van der Waals surface area contributed by atoms with Crippen molar-refractivity contribution in [3.8, 4) is 5.75 Å². The molecule has 1 fully saturated rings. The van der Waals surface area contributed by atoms with Gasteiger partial charge in [-0.3, -0.25) is 4.90 Å². The Kier molecular flexibility index (Phi) is 5.86. The highest BCUT2D eigenvalue weighted by molar-refractivity contribution is 5.36. The van der Waals surface area contributed by atoms with E-state index in [4.69, 9.17) is 4.74 Å². The van der Waals surface area contributed by atoms with E-state index in [-0.39, 0.29) is 12.6 Å². The fraction of sp³-hybridized carbons (Fsp3) is 0.647. The van der Waals surface area contributed by atoms with Crippen LogP contribution in [0.3, 0.4) is 0 Å². The summed E-state index contributed by atoms with van der Waals surface area (Å²) in [5.74, 6) is 1.50. The van der Waals surface area contributed by atoms with Crippen molar-refractivity contribution in [3.05, 3.63) is 29.8 Å². The van der Waals surface area contributed by atoms with Gasteiger partial charge in [-0.1, -0.05) is 32.0 Å². The number of aliphatic hydroxyl groups is 1. The van der Waals surface area contributed by atoms with Crippen molar-refractivity contribution >= 4 is 0 Å². The maximum Gasteiger partial charge on any atom is 0.124 e. The molecule has 1 aliphatic rings. The van der Waals surface area contributed by atoms with Crippen LogP contribution in [-0.4, -0.2) is 36.3 Å². The molecule has 112 valence electrons. The largest absolute Gasteiger partial charge is 0.493 e. The highest BCUT2D eigenvalue weighted by atomic mass is 16.5. The lowest BCUT2D eigenvalue weighted by Crippen LogP contribution is -2.27. The van der Waals surface area contributed by atoms with E-state index < -0.39 is 0 Å². The fourth-order valence-corrected chi connectivity index (χ4v) is 2.85. The second kappa shape index (κ2) is 7.65. The average Bonchev–Trinajstić information content (AvgIpc) is 2.97. The zero-order valence-corrected chi connectivity index (χ0v) is 12.7. The van der Waals surface area contributed by atoms with Crippen molar-refractivity contribution in [2.45, 2.75) is 39.2 Å². The molecule has 20 heavy (non-hydrogen) atoms. The second-order valence-electron chi connectivity index (χ2n) is 6.01. The first kappa shape index (κ1) is 15.3. The van der Waals surface area contributed by atoms with Crippen molar-refractivity contribution in [1.82, 2.24) is 4.90 Å². The molecule has 0 spiro atoms. The quantitative estimate of drug-likeness (QED) is 0.830. The molecule has 1 saturated heterocycles. The third kappa shape index (κ3) is 3.97. The SMILES string of the molecule is CC(C)COc1ccccc1C(CCO)N1CCCC1. The molecular weight excluding hydrogens is 250 g/mol. The molecule has 1 aromatic carbocycles. The van der Waals surface area contributed by atoms with Gasteiger partial charge in [0.2, 0.25) is 0 Å². The third-order valence-corrected chi connectivity index (χ3v) is 3.83. The zero-order chi connectivity index (χ0) is 14.4. The van der Waals surface area contributed by atoms with Crippen LogP contribution < -0.4 is 4.74 Å². The molecule has 0 saturated carbocycles. The molecule has 0 aliphatic carbocycles. The van der Waals surface area contributed by atoms with Gasteiger partial charge < -0.3 is 9.84 Å². The van der Waals surface area contributed by atoms with Crippen LogP contribution in [0.1, 0.15) is 44.7 Å². The smallest absolute Gasteiger partial charge is 0.124 e. The van der Waals surface area contributed by atoms with Crippen molar-refractivity contribution < 1.29 is 9.84 Å². The Morgan fingerprint density at radius 1 is 1.20 bits per heavy atom. The second-order valence-corrected chi connectivity index (χ2v) is 6.01. The summed E-state index contributed by atoms with van der Waals surface area (Å²) >= 11 is 0. The summed E-state index contributed by atoms with van der Waals surface area (Å²) in [6, 6.07) is 8.58. The van der Waals surface area contributed by atoms with Crippen LogP contribution in [0.25, 0.3) is 0 Å². The van der Waals surface area contributed by atoms with Crippen LogP contribution in [0.15, 0.2) is 24.3 Å². The van der Waals surface area contributed by atoms with Gasteiger partial charge in [-0.25, -0.2) is 0 Å². The average molecular weight is 277 g/mol. The lowest BCUT2D eigenvalue weighted by molar-refractivity contribution is 0.179. The van der Waals surface area contributed by atoms with Crippen LogP contribution in [0, 0.1) is 5.92 Å². The molecule has 2 rings (SSSR count). The number of aliphatic hydroxyl groups excluding tert-OH is 1. The predicted molar refractivity (Wildman–Crippen MR) is 82.0 cm³/mol. The first-order chi connectivity index (χ1) is 9.72. The maximum absolute atomic E-state index is 9.40. The molecule has 0 bridgehead atoms. The number of benzene rings is 1. The molecule has 1 aromatic rings. The van der Waals surface area contributed by atoms with Crippen molar-refractivity contribution in [1.29, 1.82) is 0 Å². The Balaban J connectivity index is 2.18. The Bertz CT molecular complexity index is 400. The lowest BCUT2D eigenvalue weighted by Gasteiger charge is -2.29. The van der Waals surface area contributed by atoms with Gasteiger partial charge in [0.25, 0.3) is 0 Å². The van der Waals surface area contributed by atoms with E-state index in [2.05, 4.69) is 36.9 Å². The van der Waals surface area contributed by atoms with Gasteiger partial charge in [0.1, 0.15) is 5.75 Å². The Labute approximate surface area is 122 Å². The van der Waals surface area contributed by atoms with Gasteiger partial charge in [0, 0.05) is 18.2 Å². The Hall–Kier alpha value is -1.06. The van der Waals surface area contributed by atoms with Gasteiger partial charge >= 0.3 is 0 Å². The molecule has 1 atom stereocenters. The molecule has 0 radical (unpaired) electrons. The predicted octanol–water partition coefficient (Wildman–Crippen LogP) is 3.24. The fourth-order valence-electron chi connectivity index (χ4n) is 2.85. The number of nitrogens with zero attached hydrogens (tertiary/aromatic N) is 1. The van der Waals surface area contributed by atoms with E-state index >= 15 is 0 Å². The summed E-state index contributed by atoms with van der Waals surface area (Å²) in [4.78, 5) is 2.48. The zero-order valence-electron chi connectivity index (χ0n) is 12.7. The van der Waals surface area contributed by atoms with Crippen LogP contribution in [0.4, 0.5) is 0 Å². The Morgan fingerprint density at radius 3 is 2.55 bits per heavy atom. The van der Waals surface area contributed by atoms with Gasteiger partial charge in [-0.05, 0) is 44.3 Å². The van der Waals surface area contributed by atoms with Crippen LogP contribution in [-0.2, 0) is 0 Å². The van der Waals surface area contributed by atoms with E-state index in [0.717, 1.165) is 31.9 Å². The number of para-hydroxylation sites is 1. The highest BCUT2D eigenvalue weighted by Crippen LogP contribution is 2.34. The first-order valence-electron chi connectivity index (χ1n) is 7.79. The molecule has 0 amide bonds. The molecule has 0 aromatic heterocycles. The van der Waals surface area contributed by atoms with Gasteiger partial charge in [0.15, 0.2) is 0 Å². The van der Waals surface area contributed by atoms with Crippen LogP contribution >= 0.6 is 0 Å². The maximum atomic E-state index is 9.40. The van der Waals surface area contributed by atoms with E-state index in [1.807, 2.05) is 6.07 Å². The highest BCUT2D eigenvalue weighted by Gasteiger charge is 2.25. The summed E-state index contributed by atoms with van der Waals surface area (Å²) in [7, 11) is 0. The summed E-state index contributed by atoms with van der Waals surface area (Å²) < 4.78 is 5.98. The Morgan fingerprint density at radius 2 is 1.90 bits per heavy atom. The minimum atomic E-state index is 0.222. The number of likely N-dealkylation sites (tertiary alicyclic amines) is 1. The van der Waals surface area contributed by atoms with Crippen LogP contribution in [0.5, 0.6) is 5.75 Å². The van der Waals surface area contributed by atoms with Gasteiger partial charge in [0.05, 0.1) is 6.61 Å². The minimum Gasteiger partial charge on any atom is -0.493 e. The van der Waals surface area contributed by atoms with Gasteiger partial charge in [-0.15, -0.1) is 0 Å². The molecule has 1 unspecified atom stereocenters. The number of hydrogen-bond acceptors (Lipinski definition) is 3. The monoisotopic (exact) mass is 277 g/mol. The number of rotatable bonds is 7. The standard InChI is InChI=1S/C17H27NO2/c1-14(2)13-20-17-8-4-3-7-15(17)16(9-12-19)18-10-5-6-11-18/h3-4,7-8,14,16,19H,5-6,9-13H2,1-2H3. The van der Waals surface area contributed by atoms with E-state index in [1.165, 1.54) is 18.4 Å².